The fourth-order valence-corrected chi connectivity index (χ4v) is 3.46. The molecule has 0 aromatic heterocycles. The van der Waals surface area contributed by atoms with E-state index in [1.165, 1.54) is 24.0 Å². The molecule has 0 amide bonds. The fourth-order valence-electron chi connectivity index (χ4n) is 3.46. The van der Waals surface area contributed by atoms with E-state index in [0.717, 1.165) is 50.9 Å². The Morgan fingerprint density at radius 1 is 1.13 bits per heavy atom. The smallest absolute Gasteiger partial charge is 0.122 e. The first-order valence-corrected chi connectivity index (χ1v) is 8.44. The van der Waals surface area contributed by atoms with Crippen molar-refractivity contribution in [2.75, 3.05) is 32.8 Å². The molecule has 0 spiro atoms. The summed E-state index contributed by atoms with van der Waals surface area (Å²) in [6.07, 6.45) is 3.63. The highest BCUT2D eigenvalue weighted by Crippen LogP contribution is 2.33. The first kappa shape index (κ1) is 20.6. The molecule has 1 saturated heterocycles. The summed E-state index contributed by atoms with van der Waals surface area (Å²) in [6.45, 7) is 10.1. The highest BCUT2D eigenvalue weighted by Gasteiger charge is 2.24. The van der Waals surface area contributed by atoms with E-state index in [0.29, 0.717) is 6.04 Å². The maximum absolute atomic E-state index is 5.65. The van der Waals surface area contributed by atoms with E-state index in [1.54, 1.807) is 0 Å². The molecule has 3 rings (SSSR count). The van der Waals surface area contributed by atoms with E-state index >= 15 is 0 Å². The van der Waals surface area contributed by atoms with Crippen LogP contribution in [0.5, 0.6) is 5.75 Å². The Kier molecular flexibility index (Phi) is 8.70. The molecule has 5 heteroatoms. The molecule has 1 aromatic rings. The molecule has 0 bridgehead atoms. The molecule has 2 heterocycles. The predicted molar refractivity (Wildman–Crippen MR) is 101 cm³/mol. The maximum atomic E-state index is 5.65. The van der Waals surface area contributed by atoms with Crippen LogP contribution in [0.1, 0.15) is 43.9 Å². The quantitative estimate of drug-likeness (QED) is 0.862. The van der Waals surface area contributed by atoms with Gasteiger partial charge in [0.05, 0.1) is 6.61 Å². The average molecular weight is 361 g/mol. The number of rotatable bonds is 5. The summed E-state index contributed by atoms with van der Waals surface area (Å²) in [7, 11) is 0. The van der Waals surface area contributed by atoms with E-state index in [9.17, 15) is 0 Å². The van der Waals surface area contributed by atoms with Crippen molar-refractivity contribution in [2.24, 2.45) is 5.92 Å². The number of nitrogens with zero attached hydrogens (tertiary/aromatic N) is 1. The van der Waals surface area contributed by atoms with Crippen LogP contribution in [0.25, 0.3) is 0 Å². The Hall–Kier alpha value is -0.480. The molecule has 1 fully saturated rings. The average Bonchev–Trinajstić information content (AvgIpc) is 2.96. The van der Waals surface area contributed by atoms with Crippen molar-refractivity contribution in [1.29, 1.82) is 0 Å². The molecule has 1 aromatic carbocycles. The molecule has 2 aliphatic rings. The van der Waals surface area contributed by atoms with E-state index in [1.807, 2.05) is 0 Å². The van der Waals surface area contributed by atoms with Gasteiger partial charge in [0.25, 0.3) is 0 Å². The molecule has 0 saturated carbocycles. The van der Waals surface area contributed by atoms with Crippen molar-refractivity contribution in [3.8, 4) is 5.75 Å². The number of piperazine rings is 1. The predicted octanol–water partition coefficient (Wildman–Crippen LogP) is 3.85. The SMILES string of the molecule is CC(C)CC[C@H](c1ccc2c(c1)CCO2)N1CCNCC1.Cl.Cl. The largest absolute Gasteiger partial charge is 0.493 e. The normalized spacial score (nSPS) is 18.6. The number of hydrogen-bond donors (Lipinski definition) is 1. The van der Waals surface area contributed by atoms with E-state index in [-0.39, 0.29) is 24.8 Å². The van der Waals surface area contributed by atoms with E-state index in [4.69, 9.17) is 4.74 Å². The minimum absolute atomic E-state index is 0. The summed E-state index contributed by atoms with van der Waals surface area (Å²) in [6, 6.07) is 7.44. The Bertz CT molecular complexity index is 476. The van der Waals surface area contributed by atoms with Crippen LogP contribution in [0.4, 0.5) is 0 Å². The van der Waals surface area contributed by atoms with Gasteiger partial charge in [0.2, 0.25) is 0 Å². The van der Waals surface area contributed by atoms with E-state index < -0.39 is 0 Å². The van der Waals surface area contributed by atoms with Crippen molar-refractivity contribution in [3.05, 3.63) is 29.3 Å². The second-order valence-electron chi connectivity index (χ2n) is 6.74. The van der Waals surface area contributed by atoms with Gasteiger partial charge in [0.15, 0.2) is 0 Å². The van der Waals surface area contributed by atoms with Crippen molar-refractivity contribution >= 4 is 24.8 Å². The van der Waals surface area contributed by atoms with Crippen LogP contribution in [0, 0.1) is 5.92 Å². The Balaban J connectivity index is 0.00000132. The molecular formula is C18H30Cl2N2O. The van der Waals surface area contributed by atoms with Gasteiger partial charge in [-0.05, 0) is 36.0 Å². The molecule has 0 unspecified atom stereocenters. The number of benzene rings is 1. The summed E-state index contributed by atoms with van der Waals surface area (Å²) in [5.74, 6) is 1.87. The minimum Gasteiger partial charge on any atom is -0.493 e. The highest BCUT2D eigenvalue weighted by molar-refractivity contribution is 5.85. The van der Waals surface area contributed by atoms with Crippen molar-refractivity contribution < 1.29 is 4.74 Å². The van der Waals surface area contributed by atoms with Gasteiger partial charge in [-0.3, -0.25) is 4.90 Å². The highest BCUT2D eigenvalue weighted by atomic mass is 35.5. The van der Waals surface area contributed by atoms with Crippen LogP contribution in [0.3, 0.4) is 0 Å². The molecular weight excluding hydrogens is 331 g/mol. The molecule has 132 valence electrons. The molecule has 1 N–H and O–H groups in total. The lowest BCUT2D eigenvalue weighted by Crippen LogP contribution is -2.45. The molecule has 0 aliphatic carbocycles. The van der Waals surface area contributed by atoms with Gasteiger partial charge in [-0.1, -0.05) is 26.0 Å². The van der Waals surface area contributed by atoms with Gasteiger partial charge in [0.1, 0.15) is 5.75 Å². The number of hydrogen-bond acceptors (Lipinski definition) is 3. The van der Waals surface area contributed by atoms with Crippen molar-refractivity contribution in [1.82, 2.24) is 10.2 Å². The van der Waals surface area contributed by atoms with Crippen LogP contribution in [-0.2, 0) is 6.42 Å². The van der Waals surface area contributed by atoms with Gasteiger partial charge >= 0.3 is 0 Å². The number of nitrogens with one attached hydrogen (secondary N) is 1. The van der Waals surface area contributed by atoms with Crippen LogP contribution in [0.2, 0.25) is 0 Å². The lowest BCUT2D eigenvalue weighted by atomic mass is 9.94. The standard InChI is InChI=1S/C18H28N2O.2ClH/c1-14(2)3-5-17(20-10-8-19-9-11-20)15-4-6-18-16(13-15)7-12-21-18;;/h4,6,13-14,17,19H,3,5,7-12H2,1-2H3;2*1H/t17-;;/m1../s1. The number of fused-ring (bicyclic) bond motifs is 1. The zero-order valence-corrected chi connectivity index (χ0v) is 15.8. The molecule has 3 nitrogen and oxygen atoms in total. The zero-order valence-electron chi connectivity index (χ0n) is 14.2. The Labute approximate surface area is 153 Å². The maximum Gasteiger partial charge on any atom is 0.122 e. The van der Waals surface area contributed by atoms with Gasteiger partial charge < -0.3 is 10.1 Å². The lowest BCUT2D eigenvalue weighted by molar-refractivity contribution is 0.159. The molecule has 0 radical (unpaired) electrons. The number of ether oxygens (including phenoxy) is 1. The third kappa shape index (κ3) is 5.25. The zero-order chi connectivity index (χ0) is 14.7. The fraction of sp³-hybridized carbons (Fsp3) is 0.667. The first-order chi connectivity index (χ1) is 10.2. The Morgan fingerprint density at radius 3 is 2.57 bits per heavy atom. The van der Waals surface area contributed by atoms with E-state index in [2.05, 4.69) is 42.3 Å². The lowest BCUT2D eigenvalue weighted by Gasteiger charge is -2.36. The van der Waals surface area contributed by atoms with Gasteiger partial charge in [-0.15, -0.1) is 24.8 Å². The third-order valence-corrected chi connectivity index (χ3v) is 4.71. The van der Waals surface area contributed by atoms with Crippen molar-refractivity contribution in [3.63, 3.8) is 0 Å². The second-order valence-corrected chi connectivity index (χ2v) is 6.74. The molecule has 23 heavy (non-hydrogen) atoms. The van der Waals surface area contributed by atoms with Gasteiger partial charge in [-0.25, -0.2) is 0 Å². The third-order valence-electron chi connectivity index (χ3n) is 4.71. The summed E-state index contributed by atoms with van der Waals surface area (Å²) in [5, 5.41) is 3.47. The molecule has 2 aliphatic heterocycles. The summed E-state index contributed by atoms with van der Waals surface area (Å²) >= 11 is 0. The second kappa shape index (κ2) is 9.73. The van der Waals surface area contributed by atoms with Crippen LogP contribution >= 0.6 is 24.8 Å². The molecule has 1 atom stereocenters. The first-order valence-electron chi connectivity index (χ1n) is 8.44. The van der Waals surface area contributed by atoms with Crippen molar-refractivity contribution in [2.45, 2.75) is 39.2 Å². The Morgan fingerprint density at radius 2 is 1.87 bits per heavy atom. The minimum atomic E-state index is 0. The van der Waals surface area contributed by atoms with Crippen LogP contribution < -0.4 is 10.1 Å². The number of halogens is 2. The van der Waals surface area contributed by atoms with Crippen LogP contribution in [-0.4, -0.2) is 37.7 Å². The van der Waals surface area contributed by atoms with Gasteiger partial charge in [-0.2, -0.15) is 0 Å². The monoisotopic (exact) mass is 360 g/mol. The summed E-state index contributed by atoms with van der Waals surface area (Å²) < 4.78 is 5.65. The van der Waals surface area contributed by atoms with Crippen LogP contribution in [0.15, 0.2) is 18.2 Å². The topological polar surface area (TPSA) is 24.5 Å². The summed E-state index contributed by atoms with van der Waals surface area (Å²) in [5.41, 5.74) is 2.89. The summed E-state index contributed by atoms with van der Waals surface area (Å²) in [4.78, 5) is 2.66. The van der Waals surface area contributed by atoms with Gasteiger partial charge in [0, 0.05) is 38.6 Å².